The molecule has 0 aromatic heterocycles. The van der Waals surface area contributed by atoms with Crippen LogP contribution in [0.5, 0.6) is 0 Å². The van der Waals surface area contributed by atoms with Gasteiger partial charge in [-0.1, -0.05) is 34.3 Å². The van der Waals surface area contributed by atoms with Crippen molar-refractivity contribution in [3.05, 3.63) is 12.3 Å². The summed E-state index contributed by atoms with van der Waals surface area (Å²) < 4.78 is 0. The molecular formula is C12H25N. The SMILES string of the molecule is C=C(C)NC(CC)(CC)CC(C)C. The summed E-state index contributed by atoms with van der Waals surface area (Å²) in [6.07, 6.45) is 3.58. The molecule has 0 aromatic rings. The van der Waals surface area contributed by atoms with Crippen molar-refractivity contribution in [2.45, 2.75) is 59.4 Å². The molecule has 0 rings (SSSR count). The van der Waals surface area contributed by atoms with Crippen molar-refractivity contribution in [2.24, 2.45) is 5.92 Å². The third kappa shape index (κ3) is 4.35. The van der Waals surface area contributed by atoms with Gasteiger partial charge >= 0.3 is 0 Å². The highest BCUT2D eigenvalue weighted by atomic mass is 15.0. The lowest BCUT2D eigenvalue weighted by Gasteiger charge is -2.35. The molecule has 0 saturated carbocycles. The van der Waals surface area contributed by atoms with Crippen molar-refractivity contribution in [2.75, 3.05) is 0 Å². The van der Waals surface area contributed by atoms with E-state index < -0.39 is 0 Å². The van der Waals surface area contributed by atoms with Crippen LogP contribution < -0.4 is 5.32 Å². The maximum atomic E-state index is 3.93. The number of nitrogens with one attached hydrogen (secondary N) is 1. The Morgan fingerprint density at radius 2 is 1.77 bits per heavy atom. The maximum Gasteiger partial charge on any atom is 0.0367 e. The van der Waals surface area contributed by atoms with E-state index >= 15 is 0 Å². The Bertz CT molecular complexity index is 155. The van der Waals surface area contributed by atoms with E-state index in [0.717, 1.165) is 11.6 Å². The minimum absolute atomic E-state index is 0.278. The fourth-order valence-corrected chi connectivity index (χ4v) is 2.00. The van der Waals surface area contributed by atoms with E-state index in [1.165, 1.54) is 19.3 Å². The van der Waals surface area contributed by atoms with Gasteiger partial charge in [0.2, 0.25) is 0 Å². The molecule has 0 bridgehead atoms. The van der Waals surface area contributed by atoms with Crippen LogP contribution in [-0.4, -0.2) is 5.54 Å². The molecule has 0 saturated heterocycles. The van der Waals surface area contributed by atoms with E-state index in [1.807, 2.05) is 6.92 Å². The Morgan fingerprint density at radius 3 is 2.00 bits per heavy atom. The average molecular weight is 183 g/mol. The quantitative estimate of drug-likeness (QED) is 0.662. The monoisotopic (exact) mass is 183 g/mol. The predicted octanol–water partition coefficient (Wildman–Crippen LogP) is 3.71. The molecule has 0 aliphatic heterocycles. The van der Waals surface area contributed by atoms with E-state index in [0.29, 0.717) is 0 Å². The second-order valence-corrected chi connectivity index (χ2v) is 4.49. The summed E-state index contributed by atoms with van der Waals surface area (Å²) in [5, 5.41) is 3.53. The van der Waals surface area contributed by atoms with Gasteiger partial charge < -0.3 is 5.32 Å². The van der Waals surface area contributed by atoms with Crippen LogP contribution >= 0.6 is 0 Å². The Kier molecular flexibility index (Phi) is 5.12. The van der Waals surface area contributed by atoms with Gasteiger partial charge in [0, 0.05) is 11.2 Å². The second kappa shape index (κ2) is 5.31. The summed E-state index contributed by atoms with van der Waals surface area (Å²) in [4.78, 5) is 0. The second-order valence-electron chi connectivity index (χ2n) is 4.49. The van der Waals surface area contributed by atoms with Gasteiger partial charge in [0.05, 0.1) is 0 Å². The minimum atomic E-state index is 0.278. The molecule has 0 radical (unpaired) electrons. The molecule has 0 aliphatic carbocycles. The Labute approximate surface area is 83.6 Å². The lowest BCUT2D eigenvalue weighted by molar-refractivity contribution is 0.269. The zero-order chi connectivity index (χ0) is 10.5. The third-order valence-electron chi connectivity index (χ3n) is 2.63. The van der Waals surface area contributed by atoms with Crippen molar-refractivity contribution >= 4 is 0 Å². The maximum absolute atomic E-state index is 3.93. The summed E-state index contributed by atoms with van der Waals surface area (Å²) in [7, 11) is 0. The molecule has 0 unspecified atom stereocenters. The van der Waals surface area contributed by atoms with Gasteiger partial charge in [-0.05, 0) is 32.1 Å². The minimum Gasteiger partial charge on any atom is -0.384 e. The Hall–Kier alpha value is -0.460. The summed E-state index contributed by atoms with van der Waals surface area (Å²) in [6, 6.07) is 0. The van der Waals surface area contributed by atoms with Gasteiger partial charge in [0.25, 0.3) is 0 Å². The number of rotatable bonds is 6. The molecular weight excluding hydrogens is 158 g/mol. The van der Waals surface area contributed by atoms with Crippen LogP contribution in [0.1, 0.15) is 53.9 Å². The largest absolute Gasteiger partial charge is 0.384 e. The zero-order valence-corrected chi connectivity index (χ0v) is 9.91. The van der Waals surface area contributed by atoms with Crippen molar-refractivity contribution in [1.82, 2.24) is 5.32 Å². The molecule has 0 aromatic carbocycles. The molecule has 78 valence electrons. The lowest BCUT2D eigenvalue weighted by atomic mass is 9.84. The highest BCUT2D eigenvalue weighted by molar-refractivity contribution is 4.97. The molecule has 0 atom stereocenters. The van der Waals surface area contributed by atoms with Crippen molar-refractivity contribution < 1.29 is 0 Å². The van der Waals surface area contributed by atoms with Crippen LogP contribution in [0.3, 0.4) is 0 Å². The molecule has 1 N–H and O–H groups in total. The zero-order valence-electron chi connectivity index (χ0n) is 9.91. The molecule has 1 nitrogen and oxygen atoms in total. The van der Waals surface area contributed by atoms with Crippen LogP contribution in [0, 0.1) is 5.92 Å². The smallest absolute Gasteiger partial charge is 0.0367 e. The fourth-order valence-electron chi connectivity index (χ4n) is 2.00. The molecule has 0 amide bonds. The first-order valence-corrected chi connectivity index (χ1v) is 5.39. The number of allylic oxidation sites excluding steroid dienone is 1. The highest BCUT2D eigenvalue weighted by Gasteiger charge is 2.26. The first kappa shape index (κ1) is 12.5. The molecule has 0 fully saturated rings. The standard InChI is InChI=1S/C12H25N/c1-7-12(8-2,9-10(3)4)13-11(5)6/h10,13H,5,7-9H2,1-4,6H3. The summed E-state index contributed by atoms with van der Waals surface area (Å²) >= 11 is 0. The lowest BCUT2D eigenvalue weighted by Crippen LogP contribution is -2.43. The molecule has 1 heteroatoms. The van der Waals surface area contributed by atoms with Crippen molar-refractivity contribution in [3.63, 3.8) is 0 Å². The predicted molar refractivity (Wildman–Crippen MR) is 60.7 cm³/mol. The van der Waals surface area contributed by atoms with Gasteiger partial charge in [0.1, 0.15) is 0 Å². The van der Waals surface area contributed by atoms with Gasteiger partial charge in [0.15, 0.2) is 0 Å². The van der Waals surface area contributed by atoms with Crippen LogP contribution in [0.2, 0.25) is 0 Å². The van der Waals surface area contributed by atoms with Gasteiger partial charge in [-0.15, -0.1) is 0 Å². The highest BCUT2D eigenvalue weighted by Crippen LogP contribution is 2.25. The first-order valence-electron chi connectivity index (χ1n) is 5.39. The number of hydrogen-bond donors (Lipinski definition) is 1. The molecule has 0 heterocycles. The summed E-state index contributed by atoms with van der Waals surface area (Å²) in [5.41, 5.74) is 1.37. The van der Waals surface area contributed by atoms with Crippen LogP contribution in [-0.2, 0) is 0 Å². The third-order valence-corrected chi connectivity index (χ3v) is 2.63. The first-order chi connectivity index (χ1) is 5.95. The van der Waals surface area contributed by atoms with E-state index in [1.54, 1.807) is 0 Å². The van der Waals surface area contributed by atoms with Gasteiger partial charge in [-0.2, -0.15) is 0 Å². The number of hydrogen-bond acceptors (Lipinski definition) is 1. The van der Waals surface area contributed by atoms with Crippen molar-refractivity contribution in [3.8, 4) is 0 Å². The summed E-state index contributed by atoms with van der Waals surface area (Å²) in [5.74, 6) is 0.742. The Morgan fingerprint density at radius 1 is 1.31 bits per heavy atom. The van der Waals surface area contributed by atoms with Gasteiger partial charge in [-0.3, -0.25) is 0 Å². The van der Waals surface area contributed by atoms with Gasteiger partial charge in [-0.25, -0.2) is 0 Å². The van der Waals surface area contributed by atoms with Crippen LogP contribution in [0.25, 0.3) is 0 Å². The fraction of sp³-hybridized carbons (Fsp3) is 0.833. The van der Waals surface area contributed by atoms with E-state index in [-0.39, 0.29) is 5.54 Å². The van der Waals surface area contributed by atoms with E-state index in [9.17, 15) is 0 Å². The Balaban J connectivity index is 4.39. The molecule has 13 heavy (non-hydrogen) atoms. The topological polar surface area (TPSA) is 12.0 Å². The molecule has 0 spiro atoms. The van der Waals surface area contributed by atoms with Crippen LogP contribution in [0.4, 0.5) is 0 Å². The molecule has 0 aliphatic rings. The average Bonchev–Trinajstić information content (AvgIpc) is 2.01. The van der Waals surface area contributed by atoms with E-state index in [4.69, 9.17) is 0 Å². The van der Waals surface area contributed by atoms with E-state index in [2.05, 4.69) is 39.6 Å². The van der Waals surface area contributed by atoms with Crippen molar-refractivity contribution in [1.29, 1.82) is 0 Å². The summed E-state index contributed by atoms with van der Waals surface area (Å²) in [6.45, 7) is 15.0. The normalized spacial score (nSPS) is 11.8. The van der Waals surface area contributed by atoms with Crippen LogP contribution in [0.15, 0.2) is 12.3 Å².